The molecule has 2 unspecified atom stereocenters. The highest BCUT2D eigenvalue weighted by Gasteiger charge is 2.18. The topological polar surface area (TPSA) is 47.3 Å². The molecule has 4 nitrogen and oxygen atoms in total. The van der Waals surface area contributed by atoms with Gasteiger partial charge in [-0.15, -0.1) is 0 Å². The molecule has 2 rings (SSSR count). The van der Waals surface area contributed by atoms with Gasteiger partial charge in [-0.25, -0.2) is 0 Å². The predicted molar refractivity (Wildman–Crippen MR) is 51.8 cm³/mol. The molecule has 2 heterocycles. The number of nitrogens with zero attached hydrogens (tertiary/aromatic N) is 1. The Bertz CT molecular complexity index is 261. The third-order valence-electron chi connectivity index (χ3n) is 2.54. The second-order valence-electron chi connectivity index (χ2n) is 3.76. The maximum atomic E-state index is 5.47. The van der Waals surface area contributed by atoms with E-state index >= 15 is 0 Å². The molecule has 0 spiro atoms. The Hall–Kier alpha value is -0.870. The van der Waals surface area contributed by atoms with Gasteiger partial charge in [0.2, 0.25) is 0 Å². The zero-order valence-electron chi connectivity index (χ0n) is 8.40. The standard InChI is InChI=1S/C10H16N2O2/c1-8-6-9(3-5-13-8)11-7-10-2-4-12-14-10/h2,4,8-9,11H,3,5-7H2,1H3. The summed E-state index contributed by atoms with van der Waals surface area (Å²) in [5.74, 6) is 0.893. The van der Waals surface area contributed by atoms with E-state index in [1.165, 1.54) is 0 Å². The summed E-state index contributed by atoms with van der Waals surface area (Å²) in [6, 6.07) is 2.43. The molecule has 0 aromatic carbocycles. The summed E-state index contributed by atoms with van der Waals surface area (Å²) in [6.45, 7) is 3.73. The minimum atomic E-state index is 0.371. The van der Waals surface area contributed by atoms with Crippen LogP contribution in [0.1, 0.15) is 25.5 Å². The molecule has 1 aromatic heterocycles. The number of ether oxygens (including phenoxy) is 1. The fraction of sp³-hybridized carbons (Fsp3) is 0.700. The first kappa shape index (κ1) is 9.68. The first-order valence-corrected chi connectivity index (χ1v) is 5.09. The van der Waals surface area contributed by atoms with Crippen molar-refractivity contribution in [2.45, 2.75) is 38.5 Å². The van der Waals surface area contributed by atoms with Gasteiger partial charge < -0.3 is 14.6 Å². The number of hydrogen-bond acceptors (Lipinski definition) is 4. The van der Waals surface area contributed by atoms with Crippen LogP contribution < -0.4 is 5.32 Å². The van der Waals surface area contributed by atoms with E-state index in [0.29, 0.717) is 12.1 Å². The molecule has 14 heavy (non-hydrogen) atoms. The second-order valence-corrected chi connectivity index (χ2v) is 3.76. The number of aromatic nitrogens is 1. The molecule has 1 aromatic rings. The SMILES string of the molecule is CC1CC(NCc2ccno2)CCO1. The van der Waals surface area contributed by atoms with Crippen LogP contribution in [-0.4, -0.2) is 23.9 Å². The maximum Gasteiger partial charge on any atom is 0.150 e. The third-order valence-corrected chi connectivity index (χ3v) is 2.54. The number of rotatable bonds is 3. The van der Waals surface area contributed by atoms with Gasteiger partial charge in [-0.1, -0.05) is 5.16 Å². The van der Waals surface area contributed by atoms with Crippen molar-refractivity contribution in [3.05, 3.63) is 18.0 Å². The molecule has 1 N–H and O–H groups in total. The van der Waals surface area contributed by atoms with E-state index < -0.39 is 0 Å². The summed E-state index contributed by atoms with van der Waals surface area (Å²) in [6.07, 6.45) is 4.20. The lowest BCUT2D eigenvalue weighted by Crippen LogP contribution is -2.37. The van der Waals surface area contributed by atoms with Gasteiger partial charge in [0.25, 0.3) is 0 Å². The molecule has 1 saturated heterocycles. The Morgan fingerprint density at radius 3 is 3.29 bits per heavy atom. The Labute approximate surface area is 83.6 Å². The van der Waals surface area contributed by atoms with E-state index in [1.54, 1.807) is 6.20 Å². The van der Waals surface area contributed by atoms with Gasteiger partial charge in [-0.05, 0) is 19.8 Å². The molecule has 4 heteroatoms. The van der Waals surface area contributed by atoms with E-state index in [9.17, 15) is 0 Å². The summed E-state index contributed by atoms with van der Waals surface area (Å²) in [4.78, 5) is 0. The van der Waals surface area contributed by atoms with Crippen LogP contribution >= 0.6 is 0 Å². The first-order chi connectivity index (χ1) is 6.84. The smallest absolute Gasteiger partial charge is 0.150 e. The maximum absolute atomic E-state index is 5.47. The van der Waals surface area contributed by atoms with Gasteiger partial charge in [-0.2, -0.15) is 0 Å². The van der Waals surface area contributed by atoms with Crippen molar-refractivity contribution < 1.29 is 9.26 Å². The van der Waals surface area contributed by atoms with E-state index in [0.717, 1.165) is 31.8 Å². The lowest BCUT2D eigenvalue weighted by Gasteiger charge is -2.27. The molecular formula is C10H16N2O2. The Kier molecular flexibility index (Phi) is 3.16. The van der Waals surface area contributed by atoms with Crippen LogP contribution in [0.15, 0.2) is 16.8 Å². The Morgan fingerprint density at radius 1 is 1.64 bits per heavy atom. The highest BCUT2D eigenvalue weighted by Crippen LogP contribution is 2.13. The van der Waals surface area contributed by atoms with Crippen LogP contribution in [0.2, 0.25) is 0 Å². The second kappa shape index (κ2) is 4.57. The normalized spacial score (nSPS) is 27.8. The fourth-order valence-electron chi connectivity index (χ4n) is 1.76. The molecule has 0 radical (unpaired) electrons. The summed E-state index contributed by atoms with van der Waals surface area (Å²) in [5.41, 5.74) is 0. The largest absolute Gasteiger partial charge is 0.378 e. The third kappa shape index (κ3) is 2.56. The van der Waals surface area contributed by atoms with Crippen molar-refractivity contribution in [3.63, 3.8) is 0 Å². The van der Waals surface area contributed by atoms with E-state index in [2.05, 4.69) is 17.4 Å². The van der Waals surface area contributed by atoms with Gasteiger partial charge in [0.1, 0.15) is 5.76 Å². The highest BCUT2D eigenvalue weighted by molar-refractivity contribution is 4.92. The zero-order valence-corrected chi connectivity index (χ0v) is 8.40. The van der Waals surface area contributed by atoms with Crippen molar-refractivity contribution in [1.82, 2.24) is 10.5 Å². The number of nitrogens with one attached hydrogen (secondary N) is 1. The molecule has 0 bridgehead atoms. The van der Waals surface area contributed by atoms with Crippen molar-refractivity contribution >= 4 is 0 Å². The van der Waals surface area contributed by atoms with Gasteiger partial charge in [0.15, 0.2) is 0 Å². The van der Waals surface area contributed by atoms with E-state index in [1.807, 2.05) is 6.07 Å². The fourth-order valence-corrected chi connectivity index (χ4v) is 1.76. The molecule has 78 valence electrons. The van der Waals surface area contributed by atoms with Crippen molar-refractivity contribution in [2.75, 3.05) is 6.61 Å². The molecule has 1 aliphatic rings. The summed E-state index contributed by atoms with van der Waals surface area (Å²) in [7, 11) is 0. The van der Waals surface area contributed by atoms with Gasteiger partial charge in [0, 0.05) is 18.7 Å². The van der Waals surface area contributed by atoms with Gasteiger partial charge in [-0.3, -0.25) is 0 Å². The average Bonchev–Trinajstić information content (AvgIpc) is 2.67. The molecule has 0 saturated carbocycles. The highest BCUT2D eigenvalue weighted by atomic mass is 16.5. The summed E-state index contributed by atoms with van der Waals surface area (Å²) < 4.78 is 10.5. The first-order valence-electron chi connectivity index (χ1n) is 5.09. The van der Waals surface area contributed by atoms with E-state index in [-0.39, 0.29) is 0 Å². The Morgan fingerprint density at radius 2 is 2.57 bits per heavy atom. The molecule has 2 atom stereocenters. The van der Waals surface area contributed by atoms with Crippen LogP contribution in [0.5, 0.6) is 0 Å². The average molecular weight is 196 g/mol. The van der Waals surface area contributed by atoms with Crippen molar-refractivity contribution in [3.8, 4) is 0 Å². The van der Waals surface area contributed by atoms with Crippen molar-refractivity contribution in [1.29, 1.82) is 0 Å². The number of hydrogen-bond donors (Lipinski definition) is 1. The lowest BCUT2D eigenvalue weighted by atomic mass is 10.0. The minimum absolute atomic E-state index is 0.371. The van der Waals surface area contributed by atoms with Crippen LogP contribution in [0.25, 0.3) is 0 Å². The monoisotopic (exact) mass is 196 g/mol. The summed E-state index contributed by atoms with van der Waals surface area (Å²) >= 11 is 0. The van der Waals surface area contributed by atoms with Gasteiger partial charge in [0.05, 0.1) is 18.8 Å². The minimum Gasteiger partial charge on any atom is -0.378 e. The van der Waals surface area contributed by atoms with Crippen LogP contribution in [0, 0.1) is 0 Å². The van der Waals surface area contributed by atoms with Crippen LogP contribution in [0.4, 0.5) is 0 Å². The van der Waals surface area contributed by atoms with E-state index in [4.69, 9.17) is 9.26 Å². The van der Waals surface area contributed by atoms with Crippen LogP contribution in [0.3, 0.4) is 0 Å². The van der Waals surface area contributed by atoms with Crippen LogP contribution in [-0.2, 0) is 11.3 Å². The lowest BCUT2D eigenvalue weighted by molar-refractivity contribution is 0.0127. The molecule has 1 aliphatic heterocycles. The molecule has 1 fully saturated rings. The van der Waals surface area contributed by atoms with Gasteiger partial charge >= 0.3 is 0 Å². The molecular weight excluding hydrogens is 180 g/mol. The Balaban J connectivity index is 1.75. The summed E-state index contributed by atoms with van der Waals surface area (Å²) in [5, 5.41) is 7.10. The molecule has 0 aliphatic carbocycles. The zero-order chi connectivity index (χ0) is 9.80. The quantitative estimate of drug-likeness (QED) is 0.792. The molecule has 0 amide bonds. The predicted octanol–water partition coefficient (Wildman–Crippen LogP) is 1.33. The van der Waals surface area contributed by atoms with Crippen molar-refractivity contribution in [2.24, 2.45) is 0 Å².